The van der Waals surface area contributed by atoms with Gasteiger partial charge in [-0.05, 0) is 17.7 Å². The van der Waals surface area contributed by atoms with Crippen LogP contribution in [-0.2, 0) is 16.1 Å². The van der Waals surface area contributed by atoms with Gasteiger partial charge in [-0.3, -0.25) is 9.59 Å². The molecule has 2 heterocycles. The average Bonchev–Trinajstić information content (AvgIpc) is 3.07. The van der Waals surface area contributed by atoms with Gasteiger partial charge in [0.15, 0.2) is 23.0 Å². The molecule has 2 aliphatic heterocycles. The molecule has 2 aromatic carbocycles. The number of carbonyl (C=O) groups excluding carboxylic acids is 2. The fourth-order valence-electron chi connectivity index (χ4n) is 4.08. The van der Waals surface area contributed by atoms with Crippen LogP contribution in [0.2, 0.25) is 5.02 Å². The summed E-state index contributed by atoms with van der Waals surface area (Å²) in [5.74, 6) is 1.52. The Morgan fingerprint density at radius 3 is 2.47 bits per heavy atom. The van der Waals surface area contributed by atoms with Crippen LogP contribution in [0.5, 0.6) is 28.7 Å². The third kappa shape index (κ3) is 4.79. The predicted molar refractivity (Wildman–Crippen MR) is 125 cm³/mol. The number of anilines is 1. The molecule has 10 heteroatoms. The summed E-state index contributed by atoms with van der Waals surface area (Å²) in [6.45, 7) is 1.58. The molecule has 0 radical (unpaired) electrons. The highest BCUT2D eigenvalue weighted by Gasteiger charge is 2.36. The first kappa shape index (κ1) is 23.8. The number of hydrogen-bond donors (Lipinski definition) is 1. The predicted octanol–water partition coefficient (Wildman–Crippen LogP) is 3.20. The normalized spacial score (nSPS) is 17.2. The van der Waals surface area contributed by atoms with E-state index in [1.807, 2.05) is 6.07 Å². The van der Waals surface area contributed by atoms with Crippen LogP contribution in [0.4, 0.5) is 5.69 Å². The summed E-state index contributed by atoms with van der Waals surface area (Å²) in [7, 11) is 4.53. The van der Waals surface area contributed by atoms with Crippen molar-refractivity contribution in [1.29, 1.82) is 0 Å². The topological polar surface area (TPSA) is 95.6 Å². The molecule has 4 rings (SSSR count). The van der Waals surface area contributed by atoms with Crippen LogP contribution in [-0.4, -0.2) is 52.9 Å². The molecule has 182 valence electrons. The number of nitrogens with one attached hydrogen (secondary N) is 1. The molecule has 1 N–H and O–H groups in total. The molecule has 1 atom stereocenters. The zero-order chi connectivity index (χ0) is 24.2. The van der Waals surface area contributed by atoms with Gasteiger partial charge >= 0.3 is 0 Å². The molecular formula is C24H27ClN2O7. The molecule has 0 saturated carbocycles. The van der Waals surface area contributed by atoms with Gasteiger partial charge in [0, 0.05) is 38.1 Å². The molecule has 9 nitrogen and oxygen atoms in total. The first-order valence-electron chi connectivity index (χ1n) is 10.9. The highest BCUT2D eigenvalue weighted by Crippen LogP contribution is 2.42. The lowest BCUT2D eigenvalue weighted by molar-refractivity contribution is -0.126. The standard InChI is InChI=1S/C24H27ClN2O7/c1-30-18-10-16(11-19(31-2)23(18)32-3)27-13-15(9-21(27)28)24(29)26-12-14-7-17(25)22-20(8-14)33-5-4-6-34-22/h7-8,10-11,15H,4-6,9,12-13H2,1-3H3,(H,26,29)/t15-/m0/s1. The maximum atomic E-state index is 12.9. The Kier molecular flexibility index (Phi) is 7.21. The summed E-state index contributed by atoms with van der Waals surface area (Å²) < 4.78 is 27.5. The SMILES string of the molecule is COc1cc(N2C[C@@H](C(=O)NCc3cc(Cl)c4c(c3)OCCCO4)CC2=O)cc(OC)c1OC. The van der Waals surface area contributed by atoms with E-state index in [0.717, 1.165) is 12.0 Å². The number of carbonyl (C=O) groups is 2. The molecule has 2 aliphatic rings. The van der Waals surface area contributed by atoms with E-state index >= 15 is 0 Å². The Morgan fingerprint density at radius 1 is 1.09 bits per heavy atom. The second kappa shape index (κ2) is 10.3. The Morgan fingerprint density at radius 2 is 1.79 bits per heavy atom. The maximum absolute atomic E-state index is 12.9. The highest BCUT2D eigenvalue weighted by molar-refractivity contribution is 6.32. The van der Waals surface area contributed by atoms with Crippen LogP contribution in [0.15, 0.2) is 24.3 Å². The summed E-state index contributed by atoms with van der Waals surface area (Å²) >= 11 is 6.34. The van der Waals surface area contributed by atoms with Gasteiger partial charge in [0.1, 0.15) is 0 Å². The summed E-state index contributed by atoms with van der Waals surface area (Å²) in [6, 6.07) is 6.95. The number of nitrogens with zero attached hydrogens (tertiary/aromatic N) is 1. The molecule has 0 bridgehead atoms. The van der Waals surface area contributed by atoms with Crippen LogP contribution in [0.25, 0.3) is 0 Å². The number of halogens is 1. The van der Waals surface area contributed by atoms with Crippen molar-refractivity contribution in [3.05, 3.63) is 34.9 Å². The number of benzene rings is 2. The molecule has 0 spiro atoms. The largest absolute Gasteiger partial charge is 0.493 e. The van der Waals surface area contributed by atoms with Gasteiger partial charge < -0.3 is 33.9 Å². The minimum Gasteiger partial charge on any atom is -0.493 e. The molecule has 1 saturated heterocycles. The second-order valence-corrected chi connectivity index (χ2v) is 8.37. The van der Waals surface area contributed by atoms with Gasteiger partial charge in [-0.1, -0.05) is 11.6 Å². The minimum absolute atomic E-state index is 0.102. The zero-order valence-electron chi connectivity index (χ0n) is 19.3. The van der Waals surface area contributed by atoms with Gasteiger partial charge in [0.05, 0.1) is 51.2 Å². The molecular weight excluding hydrogens is 464 g/mol. The van der Waals surface area contributed by atoms with Crippen molar-refractivity contribution >= 4 is 29.1 Å². The Labute approximate surface area is 202 Å². The lowest BCUT2D eigenvalue weighted by Gasteiger charge is -2.20. The van der Waals surface area contributed by atoms with Crippen molar-refractivity contribution in [2.75, 3.05) is 46.0 Å². The van der Waals surface area contributed by atoms with Crippen molar-refractivity contribution in [2.24, 2.45) is 5.92 Å². The van der Waals surface area contributed by atoms with Gasteiger partial charge in [-0.15, -0.1) is 0 Å². The van der Waals surface area contributed by atoms with Gasteiger partial charge in [-0.2, -0.15) is 0 Å². The van der Waals surface area contributed by atoms with Crippen LogP contribution in [0, 0.1) is 5.92 Å². The first-order chi connectivity index (χ1) is 16.4. The Bertz CT molecular complexity index is 1070. The van der Waals surface area contributed by atoms with Gasteiger partial charge in [-0.25, -0.2) is 0 Å². The number of fused-ring (bicyclic) bond motifs is 1. The van der Waals surface area contributed by atoms with Crippen LogP contribution in [0.3, 0.4) is 0 Å². The molecule has 0 aliphatic carbocycles. The molecule has 1 fully saturated rings. The van der Waals surface area contributed by atoms with E-state index in [9.17, 15) is 9.59 Å². The first-order valence-corrected chi connectivity index (χ1v) is 11.3. The number of ether oxygens (including phenoxy) is 5. The van der Waals surface area contributed by atoms with Gasteiger partial charge in [0.25, 0.3) is 0 Å². The van der Waals surface area contributed by atoms with Crippen molar-refractivity contribution < 1.29 is 33.3 Å². The smallest absolute Gasteiger partial charge is 0.227 e. The average molecular weight is 491 g/mol. The van der Waals surface area contributed by atoms with E-state index in [1.54, 1.807) is 23.1 Å². The lowest BCUT2D eigenvalue weighted by Crippen LogP contribution is -2.32. The monoisotopic (exact) mass is 490 g/mol. The molecule has 0 aromatic heterocycles. The number of methoxy groups -OCH3 is 3. The molecule has 2 aromatic rings. The van der Waals surface area contributed by atoms with E-state index in [-0.39, 0.29) is 31.3 Å². The molecule has 0 unspecified atom stereocenters. The summed E-state index contributed by atoms with van der Waals surface area (Å²) in [6.07, 6.45) is 0.875. The number of amides is 2. The quantitative estimate of drug-likeness (QED) is 0.636. The summed E-state index contributed by atoms with van der Waals surface area (Å²) in [5.41, 5.74) is 1.36. The summed E-state index contributed by atoms with van der Waals surface area (Å²) in [5, 5.41) is 3.34. The van der Waals surface area contributed by atoms with Crippen molar-refractivity contribution in [2.45, 2.75) is 19.4 Å². The van der Waals surface area contributed by atoms with Gasteiger partial charge in [0.2, 0.25) is 17.6 Å². The minimum atomic E-state index is -0.498. The van der Waals surface area contributed by atoms with Crippen LogP contribution in [0.1, 0.15) is 18.4 Å². The van der Waals surface area contributed by atoms with E-state index in [2.05, 4.69) is 5.32 Å². The van der Waals surface area contributed by atoms with E-state index in [4.69, 9.17) is 35.3 Å². The summed E-state index contributed by atoms with van der Waals surface area (Å²) in [4.78, 5) is 27.2. The molecule has 2 amide bonds. The Hall–Kier alpha value is -3.33. The van der Waals surface area contributed by atoms with E-state index in [0.29, 0.717) is 52.7 Å². The third-order valence-corrected chi connectivity index (χ3v) is 6.07. The zero-order valence-corrected chi connectivity index (χ0v) is 20.1. The second-order valence-electron chi connectivity index (χ2n) is 7.96. The maximum Gasteiger partial charge on any atom is 0.227 e. The molecule has 34 heavy (non-hydrogen) atoms. The van der Waals surface area contributed by atoms with E-state index in [1.165, 1.54) is 21.3 Å². The fourth-order valence-corrected chi connectivity index (χ4v) is 4.36. The van der Waals surface area contributed by atoms with Crippen molar-refractivity contribution in [3.8, 4) is 28.7 Å². The third-order valence-electron chi connectivity index (χ3n) is 5.79. The van der Waals surface area contributed by atoms with Crippen molar-refractivity contribution in [1.82, 2.24) is 5.32 Å². The van der Waals surface area contributed by atoms with Crippen molar-refractivity contribution in [3.63, 3.8) is 0 Å². The Balaban J connectivity index is 1.44. The number of hydrogen-bond acceptors (Lipinski definition) is 7. The van der Waals surface area contributed by atoms with Crippen LogP contribution >= 0.6 is 11.6 Å². The van der Waals surface area contributed by atoms with E-state index < -0.39 is 5.92 Å². The number of rotatable bonds is 7. The fraction of sp³-hybridized carbons (Fsp3) is 0.417. The van der Waals surface area contributed by atoms with Crippen LogP contribution < -0.4 is 33.9 Å². The highest BCUT2D eigenvalue weighted by atomic mass is 35.5. The lowest BCUT2D eigenvalue weighted by atomic mass is 10.1.